The summed E-state index contributed by atoms with van der Waals surface area (Å²) in [5.74, 6) is -0.0979. The van der Waals surface area contributed by atoms with Gasteiger partial charge in [-0.25, -0.2) is 4.79 Å². The second-order valence-electron chi connectivity index (χ2n) is 6.14. The minimum absolute atomic E-state index is 0.0737. The zero-order valence-corrected chi connectivity index (χ0v) is 14.8. The van der Waals surface area contributed by atoms with E-state index in [-0.39, 0.29) is 36.2 Å². The molecule has 0 bridgehead atoms. The molecule has 0 aliphatic carbocycles. The van der Waals surface area contributed by atoms with Gasteiger partial charge in [-0.05, 0) is 25.5 Å². The molecule has 0 unspecified atom stereocenters. The quantitative estimate of drug-likeness (QED) is 0.838. The molecule has 8 heteroatoms. The first-order chi connectivity index (χ1) is 11.4. The number of phenolic OH excluding ortho intramolecular Hbond substituents is 1. The Morgan fingerprint density at radius 3 is 2.83 bits per heavy atom. The highest BCUT2D eigenvalue weighted by Gasteiger charge is 2.43. The lowest BCUT2D eigenvalue weighted by molar-refractivity contribution is -0.136. The molecule has 2 aliphatic heterocycles. The van der Waals surface area contributed by atoms with Gasteiger partial charge < -0.3 is 20.2 Å². The number of benzene rings is 1. The molecular formula is C16H19Cl2N3O3. The molecule has 2 aliphatic rings. The second kappa shape index (κ2) is 6.69. The van der Waals surface area contributed by atoms with Crippen LogP contribution in [0.15, 0.2) is 12.1 Å². The van der Waals surface area contributed by atoms with Crippen LogP contribution in [0.25, 0.3) is 0 Å². The lowest BCUT2D eigenvalue weighted by Gasteiger charge is -2.36. The van der Waals surface area contributed by atoms with Crippen LogP contribution in [0.4, 0.5) is 4.79 Å². The van der Waals surface area contributed by atoms with Crippen LogP contribution in [0.3, 0.4) is 0 Å². The van der Waals surface area contributed by atoms with Gasteiger partial charge in [-0.2, -0.15) is 0 Å². The topological polar surface area (TPSA) is 72.9 Å². The number of carbonyl (C=O) groups is 2. The highest BCUT2D eigenvalue weighted by Crippen LogP contribution is 2.43. The van der Waals surface area contributed by atoms with E-state index < -0.39 is 0 Å². The zero-order chi connectivity index (χ0) is 17.4. The first-order valence-electron chi connectivity index (χ1n) is 7.91. The molecule has 2 atom stereocenters. The Kier molecular flexibility index (Phi) is 4.78. The number of fused-ring (bicyclic) bond motifs is 1. The van der Waals surface area contributed by atoms with Crippen molar-refractivity contribution in [2.45, 2.75) is 25.3 Å². The first-order valence-corrected chi connectivity index (χ1v) is 8.67. The number of carbonyl (C=O) groups excluding carboxylic acids is 2. The molecule has 1 aromatic carbocycles. The van der Waals surface area contributed by atoms with Crippen LogP contribution in [0.5, 0.6) is 5.75 Å². The van der Waals surface area contributed by atoms with Crippen LogP contribution < -0.4 is 5.32 Å². The number of urea groups is 1. The number of piperazine rings is 1. The summed E-state index contributed by atoms with van der Waals surface area (Å²) in [4.78, 5) is 27.7. The van der Waals surface area contributed by atoms with Gasteiger partial charge >= 0.3 is 6.03 Å². The van der Waals surface area contributed by atoms with Crippen LogP contribution in [-0.2, 0) is 4.79 Å². The predicted octanol–water partition coefficient (Wildman–Crippen LogP) is 2.43. The summed E-state index contributed by atoms with van der Waals surface area (Å²) in [6.07, 6.45) is 0.634. The Morgan fingerprint density at radius 2 is 2.12 bits per heavy atom. The van der Waals surface area contributed by atoms with Gasteiger partial charge in [0, 0.05) is 31.1 Å². The van der Waals surface area contributed by atoms with Gasteiger partial charge in [0.05, 0.1) is 16.1 Å². The van der Waals surface area contributed by atoms with Crippen molar-refractivity contribution in [3.63, 3.8) is 0 Å². The zero-order valence-electron chi connectivity index (χ0n) is 13.3. The van der Waals surface area contributed by atoms with E-state index in [4.69, 9.17) is 23.2 Å². The summed E-state index contributed by atoms with van der Waals surface area (Å²) < 4.78 is 0. The van der Waals surface area contributed by atoms with Crippen LogP contribution in [0, 0.1) is 0 Å². The van der Waals surface area contributed by atoms with Crippen molar-refractivity contribution in [1.29, 1.82) is 0 Å². The summed E-state index contributed by atoms with van der Waals surface area (Å²) in [5.41, 5.74) is 0.580. The highest BCUT2D eigenvalue weighted by molar-refractivity contribution is 6.42. The average molecular weight is 372 g/mol. The highest BCUT2D eigenvalue weighted by atomic mass is 35.5. The Labute approximate surface area is 150 Å². The summed E-state index contributed by atoms with van der Waals surface area (Å²) >= 11 is 12.3. The van der Waals surface area contributed by atoms with Crippen molar-refractivity contribution in [2.75, 3.05) is 26.2 Å². The molecule has 3 amide bonds. The summed E-state index contributed by atoms with van der Waals surface area (Å²) in [5, 5.41) is 13.6. The number of nitrogens with one attached hydrogen (secondary N) is 1. The molecule has 1 aromatic rings. The fourth-order valence-corrected chi connectivity index (χ4v) is 4.02. The molecular weight excluding hydrogens is 353 g/mol. The minimum Gasteiger partial charge on any atom is -0.508 e. The van der Waals surface area contributed by atoms with Crippen LogP contribution in [0.1, 0.15) is 24.8 Å². The maximum atomic E-state index is 12.4. The minimum atomic E-state index is -0.224. The number of phenols is 1. The summed E-state index contributed by atoms with van der Waals surface area (Å²) in [7, 11) is 0. The van der Waals surface area contributed by atoms with Gasteiger partial charge in [0.2, 0.25) is 5.91 Å². The monoisotopic (exact) mass is 371 g/mol. The number of hydrogen-bond donors (Lipinski definition) is 2. The van der Waals surface area contributed by atoms with Crippen molar-refractivity contribution in [2.24, 2.45) is 0 Å². The standard InChI is InChI=1S/C16H19Cl2N3O3/c1-2-19-16(24)20-7-10-5-9(6-21(10)13(23)8-20)14-12(22)4-3-11(17)15(14)18/h3-4,9-10,22H,2,5-8H2,1H3,(H,19,24)/t9-,10-/m0/s1. The van der Waals surface area contributed by atoms with Crippen molar-refractivity contribution >= 4 is 35.1 Å². The number of hydrogen-bond acceptors (Lipinski definition) is 3. The number of nitrogens with zero attached hydrogens (tertiary/aromatic N) is 2. The molecule has 130 valence electrons. The van der Waals surface area contributed by atoms with Crippen LogP contribution in [0.2, 0.25) is 10.0 Å². The maximum Gasteiger partial charge on any atom is 0.317 e. The largest absolute Gasteiger partial charge is 0.508 e. The molecule has 6 nitrogen and oxygen atoms in total. The van der Waals surface area contributed by atoms with Crippen molar-refractivity contribution in [1.82, 2.24) is 15.1 Å². The van der Waals surface area contributed by atoms with Crippen LogP contribution in [-0.4, -0.2) is 59.1 Å². The molecule has 24 heavy (non-hydrogen) atoms. The number of rotatable bonds is 2. The second-order valence-corrected chi connectivity index (χ2v) is 6.93. The molecule has 3 rings (SSSR count). The van der Waals surface area contributed by atoms with Gasteiger partial charge in [0.15, 0.2) is 0 Å². The lowest BCUT2D eigenvalue weighted by atomic mass is 9.95. The number of aromatic hydroxyl groups is 1. The van der Waals surface area contributed by atoms with Gasteiger partial charge in [0.1, 0.15) is 12.3 Å². The third kappa shape index (κ3) is 3.00. The summed E-state index contributed by atoms with van der Waals surface area (Å²) in [6, 6.07) is 2.77. The predicted molar refractivity (Wildman–Crippen MR) is 91.6 cm³/mol. The van der Waals surface area contributed by atoms with Gasteiger partial charge in [0.25, 0.3) is 0 Å². The van der Waals surface area contributed by atoms with E-state index in [0.717, 1.165) is 0 Å². The van der Waals surface area contributed by atoms with E-state index in [1.807, 2.05) is 6.92 Å². The Morgan fingerprint density at radius 1 is 1.38 bits per heavy atom. The molecule has 0 radical (unpaired) electrons. The average Bonchev–Trinajstić information content (AvgIpc) is 2.96. The van der Waals surface area contributed by atoms with E-state index >= 15 is 0 Å². The van der Waals surface area contributed by atoms with Crippen molar-refractivity contribution in [3.8, 4) is 5.75 Å². The van der Waals surface area contributed by atoms with Crippen LogP contribution >= 0.6 is 23.2 Å². The Hall–Kier alpha value is -1.66. The third-order valence-electron chi connectivity index (χ3n) is 4.63. The molecule has 2 fully saturated rings. The van der Waals surface area contributed by atoms with E-state index in [2.05, 4.69) is 5.32 Å². The third-order valence-corrected chi connectivity index (χ3v) is 5.44. The Balaban J connectivity index is 1.81. The van der Waals surface area contributed by atoms with Crippen molar-refractivity contribution < 1.29 is 14.7 Å². The van der Waals surface area contributed by atoms with Gasteiger partial charge in [-0.15, -0.1) is 0 Å². The Bertz CT molecular complexity index is 683. The van der Waals surface area contributed by atoms with Gasteiger partial charge in [-0.1, -0.05) is 23.2 Å². The van der Waals surface area contributed by atoms with E-state index in [1.165, 1.54) is 11.0 Å². The SMILES string of the molecule is CCNC(=O)N1CC(=O)N2C[C@@H](c3c(O)ccc(Cl)c3Cl)C[C@H]2C1. The molecule has 2 heterocycles. The van der Waals surface area contributed by atoms with E-state index in [0.29, 0.717) is 41.7 Å². The molecule has 0 spiro atoms. The molecule has 2 N–H and O–H groups in total. The molecule has 0 saturated carbocycles. The molecule has 2 saturated heterocycles. The fraction of sp³-hybridized carbons (Fsp3) is 0.500. The number of amides is 3. The van der Waals surface area contributed by atoms with E-state index in [9.17, 15) is 14.7 Å². The van der Waals surface area contributed by atoms with Gasteiger partial charge in [-0.3, -0.25) is 4.79 Å². The maximum absolute atomic E-state index is 12.4. The fourth-order valence-electron chi connectivity index (χ4n) is 3.54. The molecule has 0 aromatic heterocycles. The summed E-state index contributed by atoms with van der Waals surface area (Å²) in [6.45, 7) is 3.38. The smallest absolute Gasteiger partial charge is 0.317 e. The number of halogens is 2. The van der Waals surface area contributed by atoms with E-state index in [1.54, 1.807) is 11.0 Å². The normalized spacial score (nSPS) is 23.4. The first kappa shape index (κ1) is 17.2. The lowest BCUT2D eigenvalue weighted by Crippen LogP contribution is -2.57. The van der Waals surface area contributed by atoms with Crippen molar-refractivity contribution in [3.05, 3.63) is 27.7 Å².